The molecule has 1 atom stereocenters. The molecule has 0 amide bonds. The number of hydrogen-bond acceptors (Lipinski definition) is 5. The maximum absolute atomic E-state index is 6.09. The number of thioether (sulfide) groups is 1. The Morgan fingerprint density at radius 3 is 2.75 bits per heavy atom. The molecular formula is C14H16ClN3OS. The summed E-state index contributed by atoms with van der Waals surface area (Å²) in [4.78, 5) is 8.91. The average Bonchev–Trinajstić information content (AvgIpc) is 2.43. The molecule has 1 aromatic carbocycles. The van der Waals surface area contributed by atoms with Gasteiger partial charge in [-0.15, -0.1) is 11.8 Å². The van der Waals surface area contributed by atoms with Gasteiger partial charge in [0, 0.05) is 11.8 Å². The van der Waals surface area contributed by atoms with E-state index in [0.717, 1.165) is 11.3 Å². The molecule has 4 nitrogen and oxygen atoms in total. The van der Waals surface area contributed by atoms with E-state index in [9.17, 15) is 0 Å². The lowest BCUT2D eigenvalue weighted by Gasteiger charge is -2.17. The van der Waals surface area contributed by atoms with Crippen LogP contribution in [0.4, 0.5) is 5.69 Å². The van der Waals surface area contributed by atoms with Crippen LogP contribution < -0.4 is 10.5 Å². The van der Waals surface area contributed by atoms with Crippen LogP contribution in [0.1, 0.15) is 22.3 Å². The van der Waals surface area contributed by atoms with E-state index in [-0.39, 0.29) is 5.25 Å². The quantitative estimate of drug-likeness (QED) is 0.876. The molecule has 0 aliphatic rings. The van der Waals surface area contributed by atoms with E-state index >= 15 is 0 Å². The van der Waals surface area contributed by atoms with Gasteiger partial charge in [-0.2, -0.15) is 4.98 Å². The van der Waals surface area contributed by atoms with Crippen LogP contribution in [-0.4, -0.2) is 23.3 Å². The number of nitrogens with two attached hydrogens (primary N) is 1. The summed E-state index contributed by atoms with van der Waals surface area (Å²) in [6.07, 6.45) is 1.99. The van der Waals surface area contributed by atoms with Crippen molar-refractivity contribution in [2.24, 2.45) is 0 Å². The molecule has 1 aromatic heterocycles. The zero-order chi connectivity index (χ0) is 14.7. The summed E-state index contributed by atoms with van der Waals surface area (Å²) in [6.45, 7) is 1.91. The molecule has 1 heterocycles. The summed E-state index contributed by atoms with van der Waals surface area (Å²) in [6, 6.07) is 7.39. The van der Waals surface area contributed by atoms with Gasteiger partial charge in [0.05, 0.1) is 23.1 Å². The molecular weight excluding hydrogens is 294 g/mol. The summed E-state index contributed by atoms with van der Waals surface area (Å²) >= 11 is 7.70. The van der Waals surface area contributed by atoms with E-state index in [2.05, 4.69) is 9.97 Å². The molecule has 2 aromatic rings. The lowest BCUT2D eigenvalue weighted by atomic mass is 10.1. The molecule has 0 radical (unpaired) electrons. The van der Waals surface area contributed by atoms with Gasteiger partial charge in [-0.3, -0.25) is 0 Å². The predicted molar refractivity (Wildman–Crippen MR) is 84.5 cm³/mol. The average molecular weight is 310 g/mol. The Morgan fingerprint density at radius 1 is 1.35 bits per heavy atom. The minimum absolute atomic E-state index is 0.0810. The second kappa shape index (κ2) is 6.33. The first kappa shape index (κ1) is 14.9. The molecule has 106 valence electrons. The number of anilines is 1. The number of halogens is 1. The molecule has 0 aliphatic carbocycles. The Balaban J connectivity index is 2.52. The van der Waals surface area contributed by atoms with Gasteiger partial charge in [0.25, 0.3) is 0 Å². The van der Waals surface area contributed by atoms with Crippen LogP contribution in [0.3, 0.4) is 0 Å². The minimum Gasteiger partial charge on any atom is -0.481 e. The first-order valence-corrected chi connectivity index (χ1v) is 7.69. The zero-order valence-electron chi connectivity index (χ0n) is 11.6. The summed E-state index contributed by atoms with van der Waals surface area (Å²) in [7, 11) is 1.59. The van der Waals surface area contributed by atoms with Gasteiger partial charge >= 0.3 is 0 Å². The Morgan fingerprint density at radius 2 is 2.10 bits per heavy atom. The first-order chi connectivity index (χ1) is 9.56. The van der Waals surface area contributed by atoms with E-state index in [4.69, 9.17) is 22.1 Å². The number of aryl methyl sites for hydroxylation is 1. The molecule has 0 bridgehead atoms. The fourth-order valence-electron chi connectivity index (χ4n) is 1.94. The molecule has 0 aliphatic heterocycles. The van der Waals surface area contributed by atoms with Gasteiger partial charge in [-0.25, -0.2) is 4.98 Å². The van der Waals surface area contributed by atoms with E-state index in [1.807, 2.05) is 25.3 Å². The van der Waals surface area contributed by atoms with Crippen LogP contribution in [0.2, 0.25) is 5.02 Å². The standard InChI is InChI=1S/C14H16ClN3OS/c1-8-7-11(19-2)18-14(17-8)13(20-3)9-5-4-6-10(15)12(9)16/h4-7,13H,16H2,1-3H3. The number of aromatic nitrogens is 2. The number of benzene rings is 1. The molecule has 20 heavy (non-hydrogen) atoms. The summed E-state index contributed by atoms with van der Waals surface area (Å²) in [5.41, 5.74) is 8.41. The fourth-order valence-corrected chi connectivity index (χ4v) is 2.89. The van der Waals surface area contributed by atoms with Crippen molar-refractivity contribution in [3.8, 4) is 5.88 Å². The number of hydrogen-bond donors (Lipinski definition) is 1. The summed E-state index contributed by atoms with van der Waals surface area (Å²) in [5.74, 6) is 1.22. The van der Waals surface area contributed by atoms with Crippen molar-refractivity contribution in [1.82, 2.24) is 9.97 Å². The molecule has 0 saturated carbocycles. The van der Waals surface area contributed by atoms with Gasteiger partial charge in [-0.05, 0) is 24.8 Å². The van der Waals surface area contributed by atoms with Crippen LogP contribution in [0.5, 0.6) is 5.88 Å². The van der Waals surface area contributed by atoms with Crippen molar-refractivity contribution in [2.75, 3.05) is 19.1 Å². The monoisotopic (exact) mass is 309 g/mol. The highest BCUT2D eigenvalue weighted by Gasteiger charge is 2.20. The van der Waals surface area contributed by atoms with Crippen LogP contribution in [-0.2, 0) is 0 Å². The van der Waals surface area contributed by atoms with Crippen molar-refractivity contribution in [3.05, 3.63) is 46.4 Å². The molecule has 0 saturated heterocycles. The van der Waals surface area contributed by atoms with E-state index < -0.39 is 0 Å². The normalized spacial score (nSPS) is 12.2. The Labute approximate surface area is 127 Å². The highest BCUT2D eigenvalue weighted by atomic mass is 35.5. The third-order valence-corrected chi connectivity index (χ3v) is 4.16. The summed E-state index contributed by atoms with van der Waals surface area (Å²) < 4.78 is 5.20. The lowest BCUT2D eigenvalue weighted by Crippen LogP contribution is -2.07. The zero-order valence-corrected chi connectivity index (χ0v) is 13.1. The maximum atomic E-state index is 6.09. The van der Waals surface area contributed by atoms with Crippen molar-refractivity contribution >= 4 is 29.1 Å². The van der Waals surface area contributed by atoms with E-state index in [1.165, 1.54) is 0 Å². The van der Waals surface area contributed by atoms with E-state index in [0.29, 0.717) is 22.4 Å². The van der Waals surface area contributed by atoms with Crippen molar-refractivity contribution in [1.29, 1.82) is 0 Å². The van der Waals surface area contributed by atoms with Gasteiger partial charge in [0.2, 0.25) is 5.88 Å². The first-order valence-electron chi connectivity index (χ1n) is 6.03. The summed E-state index contributed by atoms with van der Waals surface area (Å²) in [5, 5.41) is 0.462. The Hall–Kier alpha value is -1.46. The molecule has 0 spiro atoms. The predicted octanol–water partition coefficient (Wildman–Crippen LogP) is 3.48. The highest BCUT2D eigenvalue weighted by molar-refractivity contribution is 7.99. The number of methoxy groups -OCH3 is 1. The lowest BCUT2D eigenvalue weighted by molar-refractivity contribution is 0.394. The second-order valence-electron chi connectivity index (χ2n) is 4.27. The Kier molecular flexibility index (Phi) is 4.73. The molecule has 2 rings (SSSR count). The van der Waals surface area contributed by atoms with Crippen LogP contribution in [0.15, 0.2) is 24.3 Å². The van der Waals surface area contributed by atoms with Crippen LogP contribution in [0, 0.1) is 6.92 Å². The second-order valence-corrected chi connectivity index (χ2v) is 5.62. The van der Waals surface area contributed by atoms with Gasteiger partial charge in [-0.1, -0.05) is 23.7 Å². The van der Waals surface area contributed by atoms with Crippen LogP contribution in [0.25, 0.3) is 0 Å². The molecule has 1 unspecified atom stereocenters. The minimum atomic E-state index is -0.0810. The fraction of sp³-hybridized carbons (Fsp3) is 0.286. The number of nitrogens with zero attached hydrogens (tertiary/aromatic N) is 2. The van der Waals surface area contributed by atoms with E-state index in [1.54, 1.807) is 31.0 Å². The van der Waals surface area contributed by atoms with Gasteiger partial charge in [0.1, 0.15) is 5.82 Å². The van der Waals surface area contributed by atoms with Crippen molar-refractivity contribution in [3.63, 3.8) is 0 Å². The highest BCUT2D eigenvalue weighted by Crippen LogP contribution is 2.38. The number of para-hydroxylation sites is 1. The molecule has 2 N–H and O–H groups in total. The van der Waals surface area contributed by atoms with Gasteiger partial charge in [0.15, 0.2) is 0 Å². The van der Waals surface area contributed by atoms with Crippen molar-refractivity contribution in [2.45, 2.75) is 12.2 Å². The smallest absolute Gasteiger partial charge is 0.216 e. The van der Waals surface area contributed by atoms with Gasteiger partial charge < -0.3 is 10.5 Å². The number of ether oxygens (including phenoxy) is 1. The third kappa shape index (κ3) is 2.99. The molecule has 6 heteroatoms. The Bertz CT molecular complexity index is 621. The topological polar surface area (TPSA) is 61.0 Å². The number of rotatable bonds is 4. The van der Waals surface area contributed by atoms with Crippen molar-refractivity contribution < 1.29 is 4.74 Å². The maximum Gasteiger partial charge on any atom is 0.216 e. The largest absolute Gasteiger partial charge is 0.481 e. The van der Waals surface area contributed by atoms with Crippen LogP contribution >= 0.6 is 23.4 Å². The number of nitrogen functional groups attached to an aromatic ring is 1. The SMILES string of the molecule is COc1cc(C)nc(C(SC)c2cccc(Cl)c2N)n1. The molecule has 0 fully saturated rings. The third-order valence-electron chi connectivity index (χ3n) is 2.90.